The molecule has 220 valence electrons. The van der Waals surface area contributed by atoms with Gasteiger partial charge in [-0.05, 0) is 48.3 Å². The second-order valence-electron chi connectivity index (χ2n) is 11.7. The highest BCUT2D eigenvalue weighted by atomic mass is 16.5. The molecule has 1 N–H and O–H groups in total. The predicted molar refractivity (Wildman–Crippen MR) is 162 cm³/mol. The lowest BCUT2D eigenvalue weighted by Crippen LogP contribution is -2.44. The summed E-state index contributed by atoms with van der Waals surface area (Å²) in [5.41, 5.74) is 4.54. The van der Waals surface area contributed by atoms with Gasteiger partial charge in [0.1, 0.15) is 5.82 Å². The van der Waals surface area contributed by atoms with Crippen LogP contribution < -0.4 is 11.3 Å². The zero-order valence-corrected chi connectivity index (χ0v) is 24.9. The number of hydrogen-bond acceptors (Lipinski definition) is 6. The Hall–Kier alpha value is -4.27. The fraction of sp³-hybridized carbons (Fsp3) is 0.424. The number of H-pyrrole nitrogens is 1. The minimum absolute atomic E-state index is 0.000247. The minimum Gasteiger partial charge on any atom is -0.342 e. The first-order valence-corrected chi connectivity index (χ1v) is 14.8. The molecular weight excluding hydrogens is 530 g/mol. The van der Waals surface area contributed by atoms with E-state index in [2.05, 4.69) is 30.9 Å². The number of aromatic nitrogens is 4. The quantitative estimate of drug-likeness (QED) is 0.303. The third-order valence-corrected chi connectivity index (χ3v) is 8.08. The third kappa shape index (κ3) is 6.45. The van der Waals surface area contributed by atoms with Gasteiger partial charge in [-0.15, -0.1) is 0 Å². The van der Waals surface area contributed by atoms with Crippen molar-refractivity contribution in [1.82, 2.24) is 24.6 Å². The molecule has 0 aliphatic carbocycles. The SMILES string of the molecule is CCCCc1nc(C)c(CC(=O)N2CC(C)CC(C)C2)c(=O)n1Cc1ccc(-c2ccccc2-c2noc(=O)[nH]2)cc1. The summed E-state index contributed by atoms with van der Waals surface area (Å²) < 4.78 is 6.45. The van der Waals surface area contributed by atoms with E-state index < -0.39 is 5.76 Å². The van der Waals surface area contributed by atoms with Crippen LogP contribution in [0.3, 0.4) is 0 Å². The molecule has 3 heterocycles. The van der Waals surface area contributed by atoms with Gasteiger partial charge in [-0.2, -0.15) is 0 Å². The van der Waals surface area contributed by atoms with Gasteiger partial charge in [0.15, 0.2) is 5.82 Å². The summed E-state index contributed by atoms with van der Waals surface area (Å²) in [7, 11) is 0. The number of carbonyl (C=O) groups is 1. The van der Waals surface area contributed by atoms with Gasteiger partial charge in [0.05, 0.1) is 13.0 Å². The van der Waals surface area contributed by atoms with E-state index in [1.54, 1.807) is 4.57 Å². The van der Waals surface area contributed by atoms with Crippen LogP contribution in [-0.4, -0.2) is 43.6 Å². The molecule has 4 aromatic rings. The van der Waals surface area contributed by atoms with Crippen LogP contribution in [0.1, 0.15) is 62.7 Å². The monoisotopic (exact) mass is 569 g/mol. The van der Waals surface area contributed by atoms with Crippen LogP contribution in [0.5, 0.6) is 0 Å². The summed E-state index contributed by atoms with van der Waals surface area (Å²) >= 11 is 0. The van der Waals surface area contributed by atoms with Crippen LogP contribution in [0.2, 0.25) is 0 Å². The maximum Gasteiger partial charge on any atom is 0.439 e. The van der Waals surface area contributed by atoms with Gasteiger partial charge < -0.3 is 4.90 Å². The molecule has 1 amide bonds. The van der Waals surface area contributed by atoms with E-state index in [1.807, 2.05) is 60.4 Å². The molecule has 42 heavy (non-hydrogen) atoms. The van der Waals surface area contributed by atoms with Crippen LogP contribution in [0.25, 0.3) is 22.5 Å². The number of amides is 1. The van der Waals surface area contributed by atoms with E-state index in [0.717, 1.165) is 60.4 Å². The Kier molecular flexibility index (Phi) is 8.85. The number of nitrogens with zero attached hydrogens (tertiary/aromatic N) is 4. The Labute approximate surface area is 245 Å². The van der Waals surface area contributed by atoms with Crippen LogP contribution in [-0.2, 0) is 24.2 Å². The van der Waals surface area contributed by atoms with Crippen molar-refractivity contribution in [2.24, 2.45) is 11.8 Å². The number of nitrogens with one attached hydrogen (secondary N) is 1. The lowest BCUT2D eigenvalue weighted by atomic mass is 9.91. The number of unbranched alkanes of at least 4 members (excludes halogenated alkanes) is 1. The Morgan fingerprint density at radius 3 is 2.36 bits per heavy atom. The number of aryl methyl sites for hydroxylation is 2. The van der Waals surface area contributed by atoms with Gasteiger partial charge >= 0.3 is 5.76 Å². The fourth-order valence-electron chi connectivity index (χ4n) is 6.04. The highest BCUT2D eigenvalue weighted by Crippen LogP contribution is 2.30. The van der Waals surface area contributed by atoms with Crippen LogP contribution in [0.4, 0.5) is 0 Å². The maximum absolute atomic E-state index is 13.9. The minimum atomic E-state index is -0.604. The molecule has 2 atom stereocenters. The topological polar surface area (TPSA) is 114 Å². The van der Waals surface area contributed by atoms with Crippen molar-refractivity contribution >= 4 is 5.91 Å². The molecule has 9 nitrogen and oxygen atoms in total. The summed E-state index contributed by atoms with van der Waals surface area (Å²) in [6.07, 6.45) is 3.81. The highest BCUT2D eigenvalue weighted by Gasteiger charge is 2.27. The summed E-state index contributed by atoms with van der Waals surface area (Å²) in [5, 5.41) is 3.85. The van der Waals surface area contributed by atoms with Crippen LogP contribution in [0, 0.1) is 18.8 Å². The molecule has 2 unspecified atom stereocenters. The van der Waals surface area contributed by atoms with Crippen molar-refractivity contribution in [2.75, 3.05) is 13.1 Å². The first-order chi connectivity index (χ1) is 20.2. The maximum atomic E-state index is 13.9. The van der Waals surface area contributed by atoms with E-state index in [9.17, 15) is 14.4 Å². The third-order valence-electron chi connectivity index (χ3n) is 8.08. The Morgan fingerprint density at radius 1 is 1.02 bits per heavy atom. The van der Waals surface area contributed by atoms with E-state index >= 15 is 0 Å². The second-order valence-corrected chi connectivity index (χ2v) is 11.7. The van der Waals surface area contributed by atoms with Crippen molar-refractivity contribution < 1.29 is 9.32 Å². The Balaban J connectivity index is 1.43. The summed E-state index contributed by atoms with van der Waals surface area (Å²) in [5.74, 6) is 1.43. The Morgan fingerprint density at radius 2 is 1.71 bits per heavy atom. The number of piperidine rings is 1. The molecule has 0 radical (unpaired) electrons. The van der Waals surface area contributed by atoms with Gasteiger partial charge in [-0.25, -0.2) is 9.78 Å². The first-order valence-electron chi connectivity index (χ1n) is 14.8. The molecule has 1 aliphatic rings. The normalized spacial score (nSPS) is 17.0. The largest absolute Gasteiger partial charge is 0.439 e. The van der Waals surface area contributed by atoms with E-state index in [0.29, 0.717) is 41.9 Å². The van der Waals surface area contributed by atoms with E-state index in [4.69, 9.17) is 9.51 Å². The number of benzene rings is 2. The number of hydrogen-bond donors (Lipinski definition) is 1. The number of carbonyl (C=O) groups excluding carboxylic acids is 1. The molecule has 2 aromatic carbocycles. The lowest BCUT2D eigenvalue weighted by Gasteiger charge is -2.35. The summed E-state index contributed by atoms with van der Waals surface area (Å²) in [6.45, 7) is 10.2. The first kappa shape index (κ1) is 29.2. The lowest BCUT2D eigenvalue weighted by molar-refractivity contribution is -0.133. The van der Waals surface area contributed by atoms with Crippen LogP contribution >= 0.6 is 0 Å². The Bertz CT molecular complexity index is 1660. The zero-order valence-electron chi connectivity index (χ0n) is 24.9. The van der Waals surface area contributed by atoms with Crippen molar-refractivity contribution in [3.8, 4) is 22.5 Å². The molecule has 0 bridgehead atoms. The van der Waals surface area contributed by atoms with Gasteiger partial charge in [-0.1, -0.05) is 80.9 Å². The number of rotatable bonds is 9. The summed E-state index contributed by atoms with van der Waals surface area (Å²) in [4.78, 5) is 48.1. The van der Waals surface area contributed by atoms with Crippen LogP contribution in [0.15, 0.2) is 62.6 Å². The standard InChI is InChI=1S/C33H39N5O4/c1-5-6-11-29-34-23(4)28(17-30(39)37-18-21(2)16-22(3)19-37)32(40)38(29)20-24-12-14-25(15-13-24)26-9-7-8-10-27(26)31-35-33(41)42-36-31/h7-10,12-15,21-22H,5-6,11,16-20H2,1-4H3,(H,35,36,41). The highest BCUT2D eigenvalue weighted by molar-refractivity contribution is 5.80. The van der Waals surface area contributed by atoms with Gasteiger partial charge in [0, 0.05) is 36.3 Å². The van der Waals surface area contributed by atoms with E-state index in [-0.39, 0.29) is 17.9 Å². The molecule has 1 fully saturated rings. The predicted octanol–water partition coefficient (Wildman–Crippen LogP) is 5.00. The number of likely N-dealkylation sites (tertiary alicyclic amines) is 1. The number of aromatic amines is 1. The zero-order chi connectivity index (χ0) is 29.8. The molecule has 2 aromatic heterocycles. The van der Waals surface area contributed by atoms with Crippen molar-refractivity contribution in [3.63, 3.8) is 0 Å². The fourth-order valence-corrected chi connectivity index (χ4v) is 6.04. The van der Waals surface area contributed by atoms with Crippen molar-refractivity contribution in [1.29, 1.82) is 0 Å². The molecule has 1 aliphatic heterocycles. The van der Waals surface area contributed by atoms with Gasteiger partial charge in [-0.3, -0.25) is 23.7 Å². The smallest absolute Gasteiger partial charge is 0.342 e. The molecule has 1 saturated heterocycles. The molecule has 9 heteroatoms. The average molecular weight is 570 g/mol. The summed E-state index contributed by atoms with van der Waals surface area (Å²) in [6, 6.07) is 15.6. The molecular formula is C33H39N5O4. The molecule has 5 rings (SSSR count). The molecule has 0 saturated carbocycles. The van der Waals surface area contributed by atoms with Crippen molar-refractivity contribution in [3.05, 3.63) is 92.1 Å². The van der Waals surface area contributed by atoms with E-state index in [1.165, 1.54) is 0 Å². The van der Waals surface area contributed by atoms with Gasteiger partial charge in [0.2, 0.25) is 5.91 Å². The van der Waals surface area contributed by atoms with Gasteiger partial charge in [0.25, 0.3) is 5.56 Å². The van der Waals surface area contributed by atoms with Crippen molar-refractivity contribution in [2.45, 2.75) is 66.3 Å². The second kappa shape index (κ2) is 12.7. The molecule has 0 spiro atoms. The average Bonchev–Trinajstić information content (AvgIpc) is 3.41.